The fraction of sp³-hybridized carbons (Fsp3) is 0.946. The van der Waals surface area contributed by atoms with Gasteiger partial charge in [-0.15, -0.1) is 0 Å². The Kier molecular flexibility index (Phi) is 49.1. The number of hydrogen-bond acceptors (Lipinski definition) is 6. The molecule has 0 heterocycles. The molecule has 0 amide bonds. The van der Waals surface area contributed by atoms with Crippen LogP contribution in [0.1, 0.15) is 317 Å². The van der Waals surface area contributed by atoms with Crippen LogP contribution < -0.4 is 0 Å². The first-order valence-corrected chi connectivity index (χ1v) is 27.9. The van der Waals surface area contributed by atoms with Crippen LogP contribution in [0, 0.1) is 5.92 Å². The molecule has 0 aromatic heterocycles. The quantitative estimate of drug-likeness (QED) is 0.0344. The van der Waals surface area contributed by atoms with E-state index in [2.05, 4.69) is 27.7 Å². The Balaban J connectivity index is 4.29. The zero-order valence-corrected chi connectivity index (χ0v) is 42.3. The Morgan fingerprint density at radius 1 is 0.306 bits per heavy atom. The van der Waals surface area contributed by atoms with Gasteiger partial charge < -0.3 is 14.2 Å². The van der Waals surface area contributed by atoms with Gasteiger partial charge in [-0.1, -0.05) is 278 Å². The first kappa shape index (κ1) is 60.4. The van der Waals surface area contributed by atoms with Crippen LogP contribution in [0.2, 0.25) is 0 Å². The Morgan fingerprint density at radius 2 is 0.532 bits per heavy atom. The molecule has 1 atom stereocenters. The molecule has 0 saturated carbocycles. The van der Waals surface area contributed by atoms with Gasteiger partial charge in [0.25, 0.3) is 0 Å². The van der Waals surface area contributed by atoms with E-state index in [1.807, 2.05) is 0 Å². The number of carbonyl (C=O) groups is 3. The monoisotopic (exact) mass is 877 g/mol. The summed E-state index contributed by atoms with van der Waals surface area (Å²) in [5.74, 6) is -0.0203. The van der Waals surface area contributed by atoms with Crippen LogP contribution in [0.3, 0.4) is 0 Å². The van der Waals surface area contributed by atoms with Crippen molar-refractivity contribution in [3.8, 4) is 0 Å². The van der Waals surface area contributed by atoms with E-state index in [4.69, 9.17) is 14.2 Å². The average Bonchev–Trinajstić information content (AvgIpc) is 3.26. The van der Waals surface area contributed by atoms with Crippen molar-refractivity contribution in [3.63, 3.8) is 0 Å². The summed E-state index contributed by atoms with van der Waals surface area (Å²) in [5, 5.41) is 0. The maximum Gasteiger partial charge on any atom is 0.306 e. The maximum atomic E-state index is 12.8. The summed E-state index contributed by atoms with van der Waals surface area (Å²) < 4.78 is 16.9. The van der Waals surface area contributed by atoms with E-state index in [9.17, 15) is 14.4 Å². The Bertz CT molecular complexity index is 933. The fourth-order valence-electron chi connectivity index (χ4n) is 8.57. The standard InChI is InChI=1S/C56H108O6/c1-5-7-9-11-13-15-17-19-21-22-23-25-26-31-35-39-43-47-54(57)60-50-53(51-61-55(58)48-44-40-36-32-29-28-30-34-38-42-46-52(3)4)62-56(59)49-45-41-37-33-27-24-20-18-16-14-12-10-8-6-2/h52-53H,5-51H2,1-4H3/t53-/m1/s1. The Labute approximate surface area is 387 Å². The Morgan fingerprint density at radius 3 is 0.790 bits per heavy atom. The minimum Gasteiger partial charge on any atom is -0.462 e. The molecule has 368 valence electrons. The average molecular weight is 877 g/mol. The normalized spacial score (nSPS) is 12.0. The number of unbranched alkanes of at least 4 members (excludes halogenated alkanes) is 38. The van der Waals surface area contributed by atoms with Crippen molar-refractivity contribution in [3.05, 3.63) is 0 Å². The van der Waals surface area contributed by atoms with E-state index in [-0.39, 0.29) is 31.1 Å². The van der Waals surface area contributed by atoms with E-state index in [0.29, 0.717) is 19.3 Å². The van der Waals surface area contributed by atoms with Gasteiger partial charge in [0.15, 0.2) is 6.10 Å². The van der Waals surface area contributed by atoms with Crippen molar-refractivity contribution < 1.29 is 28.6 Å². The summed E-state index contributed by atoms with van der Waals surface area (Å²) in [7, 11) is 0. The van der Waals surface area contributed by atoms with Crippen molar-refractivity contribution >= 4 is 17.9 Å². The third-order valence-electron chi connectivity index (χ3n) is 12.8. The summed E-state index contributed by atoms with van der Waals surface area (Å²) in [6.07, 6.45) is 53.7. The highest BCUT2D eigenvalue weighted by Crippen LogP contribution is 2.18. The highest BCUT2D eigenvalue weighted by Gasteiger charge is 2.19. The van der Waals surface area contributed by atoms with Crippen LogP contribution in [0.4, 0.5) is 0 Å². The molecule has 0 radical (unpaired) electrons. The van der Waals surface area contributed by atoms with Crippen molar-refractivity contribution in [1.29, 1.82) is 0 Å². The van der Waals surface area contributed by atoms with Gasteiger partial charge in [0, 0.05) is 19.3 Å². The molecule has 0 aliphatic rings. The molecule has 0 bridgehead atoms. The summed E-state index contributed by atoms with van der Waals surface area (Å²) in [4.78, 5) is 38.0. The first-order valence-electron chi connectivity index (χ1n) is 27.9. The van der Waals surface area contributed by atoms with Crippen molar-refractivity contribution in [2.45, 2.75) is 323 Å². The molecule has 0 aromatic rings. The second-order valence-corrected chi connectivity index (χ2v) is 19.7. The highest BCUT2D eigenvalue weighted by atomic mass is 16.6. The van der Waals surface area contributed by atoms with Gasteiger partial charge in [-0.05, 0) is 25.2 Å². The van der Waals surface area contributed by atoms with Crippen molar-refractivity contribution in [2.24, 2.45) is 5.92 Å². The number of esters is 3. The lowest BCUT2D eigenvalue weighted by molar-refractivity contribution is -0.167. The van der Waals surface area contributed by atoms with Gasteiger partial charge in [-0.25, -0.2) is 0 Å². The van der Waals surface area contributed by atoms with Crippen LogP contribution in [0.5, 0.6) is 0 Å². The number of carbonyl (C=O) groups excluding carboxylic acids is 3. The van der Waals surface area contributed by atoms with Crippen LogP contribution in [-0.4, -0.2) is 37.2 Å². The third-order valence-corrected chi connectivity index (χ3v) is 12.8. The van der Waals surface area contributed by atoms with Crippen LogP contribution in [0.25, 0.3) is 0 Å². The molecule has 0 aliphatic carbocycles. The molecule has 0 rings (SSSR count). The van der Waals surface area contributed by atoms with Crippen LogP contribution >= 0.6 is 0 Å². The van der Waals surface area contributed by atoms with Gasteiger partial charge in [0.1, 0.15) is 13.2 Å². The molecule has 0 saturated heterocycles. The zero-order chi connectivity index (χ0) is 45.2. The molecule has 0 N–H and O–H groups in total. The third kappa shape index (κ3) is 49.4. The summed E-state index contributed by atoms with van der Waals surface area (Å²) in [6, 6.07) is 0. The Hall–Kier alpha value is -1.59. The van der Waals surface area contributed by atoms with Gasteiger partial charge in [0.05, 0.1) is 0 Å². The van der Waals surface area contributed by atoms with Gasteiger partial charge in [-0.2, -0.15) is 0 Å². The molecule has 6 nitrogen and oxygen atoms in total. The molecule has 0 unspecified atom stereocenters. The van der Waals surface area contributed by atoms with E-state index in [1.54, 1.807) is 0 Å². The van der Waals surface area contributed by atoms with Gasteiger partial charge in [0.2, 0.25) is 0 Å². The lowest BCUT2D eigenvalue weighted by Gasteiger charge is -2.18. The molecule has 62 heavy (non-hydrogen) atoms. The molecule has 0 aliphatic heterocycles. The molecular weight excluding hydrogens is 769 g/mol. The van der Waals surface area contributed by atoms with Crippen LogP contribution in [-0.2, 0) is 28.6 Å². The molecule has 0 spiro atoms. The number of hydrogen-bond donors (Lipinski definition) is 0. The maximum absolute atomic E-state index is 12.8. The summed E-state index contributed by atoms with van der Waals surface area (Å²) in [6.45, 7) is 9.04. The lowest BCUT2D eigenvalue weighted by Crippen LogP contribution is -2.30. The predicted molar refractivity (Wildman–Crippen MR) is 266 cm³/mol. The second kappa shape index (κ2) is 50.4. The largest absolute Gasteiger partial charge is 0.462 e. The molecule has 6 heteroatoms. The predicted octanol–water partition coefficient (Wildman–Crippen LogP) is 18.2. The van der Waals surface area contributed by atoms with E-state index >= 15 is 0 Å². The number of rotatable bonds is 51. The van der Waals surface area contributed by atoms with Gasteiger partial charge in [-0.3, -0.25) is 14.4 Å². The SMILES string of the molecule is CCCCCCCCCCCCCCCCCCCC(=O)OC[C@H](COC(=O)CCCCCCCCCCCCC(C)C)OC(=O)CCCCCCCCCCCCCCCC. The zero-order valence-electron chi connectivity index (χ0n) is 42.3. The number of ether oxygens (including phenoxy) is 3. The first-order chi connectivity index (χ1) is 30.4. The smallest absolute Gasteiger partial charge is 0.306 e. The minimum atomic E-state index is -0.761. The van der Waals surface area contributed by atoms with Crippen molar-refractivity contribution in [1.82, 2.24) is 0 Å². The molecular formula is C56H108O6. The highest BCUT2D eigenvalue weighted by molar-refractivity contribution is 5.71. The minimum absolute atomic E-state index is 0.0622. The van der Waals surface area contributed by atoms with Crippen LogP contribution in [0.15, 0.2) is 0 Å². The molecule has 0 fully saturated rings. The van der Waals surface area contributed by atoms with E-state index in [1.165, 1.54) is 212 Å². The molecule has 0 aromatic carbocycles. The second-order valence-electron chi connectivity index (χ2n) is 19.7. The van der Waals surface area contributed by atoms with Gasteiger partial charge >= 0.3 is 17.9 Å². The fourth-order valence-corrected chi connectivity index (χ4v) is 8.57. The van der Waals surface area contributed by atoms with E-state index < -0.39 is 6.10 Å². The summed E-state index contributed by atoms with van der Waals surface area (Å²) in [5.41, 5.74) is 0. The lowest BCUT2D eigenvalue weighted by atomic mass is 10.0. The van der Waals surface area contributed by atoms with E-state index in [0.717, 1.165) is 63.7 Å². The topological polar surface area (TPSA) is 78.9 Å². The summed E-state index contributed by atoms with van der Waals surface area (Å²) >= 11 is 0. The van der Waals surface area contributed by atoms with Crippen molar-refractivity contribution in [2.75, 3.05) is 13.2 Å².